The van der Waals surface area contributed by atoms with E-state index in [0.29, 0.717) is 5.57 Å². The van der Waals surface area contributed by atoms with Gasteiger partial charge in [0.15, 0.2) is 0 Å². The predicted molar refractivity (Wildman–Crippen MR) is 108 cm³/mol. The fourth-order valence-electron chi connectivity index (χ4n) is 2.66. The van der Waals surface area contributed by atoms with Gasteiger partial charge in [0, 0.05) is 39.6 Å². The number of carbonyl (C=O) groups is 1. The molecule has 25 heavy (non-hydrogen) atoms. The minimum Gasteiger partial charge on any atom is -0.378 e. The van der Waals surface area contributed by atoms with E-state index >= 15 is 0 Å². The molecule has 0 aliphatic carbocycles. The molecule has 0 saturated carbocycles. The minimum absolute atomic E-state index is 0.468. The van der Waals surface area contributed by atoms with Crippen LogP contribution in [0.3, 0.4) is 0 Å². The van der Waals surface area contributed by atoms with Gasteiger partial charge in [-0.25, -0.2) is 0 Å². The van der Waals surface area contributed by atoms with Gasteiger partial charge >= 0.3 is 0 Å². The molecule has 4 nitrogen and oxygen atoms in total. The first kappa shape index (κ1) is 18.3. The Kier molecular flexibility index (Phi) is 5.65. The quantitative estimate of drug-likeness (QED) is 0.500. The zero-order valence-electron chi connectivity index (χ0n) is 15.3. The second kappa shape index (κ2) is 7.71. The molecule has 0 spiro atoms. The molecule has 2 rings (SSSR count). The van der Waals surface area contributed by atoms with Crippen molar-refractivity contribution in [1.29, 1.82) is 0 Å². The summed E-state index contributed by atoms with van der Waals surface area (Å²) in [6.07, 6.45) is 1.69. The van der Waals surface area contributed by atoms with Crippen LogP contribution < -0.4 is 15.5 Å². The van der Waals surface area contributed by atoms with Gasteiger partial charge in [0.25, 0.3) is 0 Å². The van der Waals surface area contributed by atoms with Crippen LogP contribution in [0, 0.1) is 0 Å². The van der Waals surface area contributed by atoms with Crippen LogP contribution in [0.2, 0.25) is 0 Å². The summed E-state index contributed by atoms with van der Waals surface area (Å²) in [6.45, 7) is 3.89. The van der Waals surface area contributed by atoms with Crippen molar-refractivity contribution in [2.45, 2.75) is 0 Å². The van der Waals surface area contributed by atoms with Crippen LogP contribution in [0.1, 0.15) is 11.1 Å². The number of nitrogens with two attached hydrogens (primary N) is 1. The van der Waals surface area contributed by atoms with E-state index in [0.717, 1.165) is 28.1 Å². The normalized spacial score (nSPS) is 11.5. The third kappa shape index (κ3) is 4.10. The van der Waals surface area contributed by atoms with Gasteiger partial charge in [0.1, 0.15) is 0 Å². The Morgan fingerprint density at radius 2 is 1.24 bits per heavy atom. The maximum Gasteiger partial charge on any atom is 0.249 e. The van der Waals surface area contributed by atoms with Crippen molar-refractivity contribution in [2.75, 3.05) is 38.0 Å². The molecule has 0 atom stereocenters. The van der Waals surface area contributed by atoms with Crippen LogP contribution in [0.5, 0.6) is 0 Å². The van der Waals surface area contributed by atoms with E-state index < -0.39 is 5.91 Å². The van der Waals surface area contributed by atoms with E-state index in [2.05, 4.69) is 6.58 Å². The average Bonchev–Trinajstić information content (AvgIpc) is 2.59. The number of hydrogen-bond donors (Lipinski definition) is 1. The monoisotopic (exact) mass is 335 g/mol. The SMILES string of the molecule is C=C/C(=C(\C(N)=O)c1ccc(N(C)C)cc1)c1ccc(N(C)C)cc1. The van der Waals surface area contributed by atoms with Crippen molar-refractivity contribution in [3.05, 3.63) is 72.3 Å². The summed E-state index contributed by atoms with van der Waals surface area (Å²) in [5.41, 5.74) is 10.7. The summed E-state index contributed by atoms with van der Waals surface area (Å²) in [5, 5.41) is 0. The van der Waals surface area contributed by atoms with E-state index in [1.807, 2.05) is 86.5 Å². The first-order valence-electron chi connectivity index (χ1n) is 8.07. The molecule has 2 N–H and O–H groups in total. The number of amides is 1. The Hall–Kier alpha value is -3.01. The van der Waals surface area contributed by atoms with Gasteiger partial charge in [-0.1, -0.05) is 36.9 Å². The molecule has 0 fully saturated rings. The van der Waals surface area contributed by atoms with Crippen LogP contribution in [0.25, 0.3) is 11.1 Å². The van der Waals surface area contributed by atoms with E-state index in [9.17, 15) is 4.79 Å². The molecule has 2 aromatic rings. The van der Waals surface area contributed by atoms with Gasteiger partial charge in [0.05, 0.1) is 5.57 Å². The molecule has 0 aliphatic rings. The Balaban J connectivity index is 2.56. The van der Waals surface area contributed by atoms with Crippen molar-refractivity contribution < 1.29 is 4.79 Å². The summed E-state index contributed by atoms with van der Waals surface area (Å²) in [6, 6.07) is 15.7. The summed E-state index contributed by atoms with van der Waals surface area (Å²) in [5.74, 6) is -0.468. The van der Waals surface area contributed by atoms with Gasteiger partial charge in [-0.2, -0.15) is 0 Å². The number of primary amides is 1. The lowest BCUT2D eigenvalue weighted by Crippen LogP contribution is -2.15. The Morgan fingerprint density at radius 1 is 0.840 bits per heavy atom. The van der Waals surface area contributed by atoms with Crippen molar-refractivity contribution in [2.24, 2.45) is 5.73 Å². The summed E-state index contributed by atoms with van der Waals surface area (Å²) < 4.78 is 0. The third-order valence-corrected chi connectivity index (χ3v) is 4.09. The van der Waals surface area contributed by atoms with Crippen LogP contribution in [-0.4, -0.2) is 34.1 Å². The third-order valence-electron chi connectivity index (χ3n) is 4.09. The number of carbonyl (C=O) groups excluding carboxylic acids is 1. The smallest absolute Gasteiger partial charge is 0.249 e. The molecule has 1 amide bonds. The highest BCUT2D eigenvalue weighted by Gasteiger charge is 2.15. The van der Waals surface area contributed by atoms with E-state index in [1.54, 1.807) is 6.08 Å². The molecule has 0 radical (unpaired) electrons. The Bertz CT molecular complexity index is 785. The minimum atomic E-state index is -0.468. The number of anilines is 2. The largest absolute Gasteiger partial charge is 0.378 e. The van der Waals surface area contributed by atoms with Crippen molar-refractivity contribution in [3.63, 3.8) is 0 Å². The highest BCUT2D eigenvalue weighted by molar-refractivity contribution is 6.27. The molecule has 130 valence electrons. The van der Waals surface area contributed by atoms with Crippen LogP contribution in [-0.2, 0) is 4.79 Å². The molecule has 0 bridgehead atoms. The van der Waals surface area contributed by atoms with Crippen molar-refractivity contribution >= 4 is 28.4 Å². The zero-order valence-corrected chi connectivity index (χ0v) is 15.3. The highest BCUT2D eigenvalue weighted by Crippen LogP contribution is 2.29. The molecule has 0 heterocycles. The van der Waals surface area contributed by atoms with Crippen LogP contribution in [0.4, 0.5) is 11.4 Å². The topological polar surface area (TPSA) is 49.6 Å². The molecular weight excluding hydrogens is 310 g/mol. The van der Waals surface area contributed by atoms with Crippen LogP contribution >= 0.6 is 0 Å². The lowest BCUT2D eigenvalue weighted by molar-refractivity contribution is -0.112. The predicted octanol–water partition coefficient (Wildman–Crippen LogP) is 3.40. The molecule has 2 aromatic carbocycles. The first-order chi connectivity index (χ1) is 11.8. The second-order valence-electron chi connectivity index (χ2n) is 6.24. The number of hydrogen-bond acceptors (Lipinski definition) is 3. The maximum atomic E-state index is 12.2. The molecule has 0 saturated heterocycles. The van der Waals surface area contributed by atoms with Gasteiger partial charge < -0.3 is 15.5 Å². The van der Waals surface area contributed by atoms with Crippen molar-refractivity contribution in [1.82, 2.24) is 0 Å². The van der Waals surface area contributed by atoms with E-state index in [4.69, 9.17) is 5.73 Å². The molecular formula is C21H25N3O. The van der Waals surface area contributed by atoms with E-state index in [-0.39, 0.29) is 0 Å². The van der Waals surface area contributed by atoms with E-state index in [1.165, 1.54) is 0 Å². The van der Waals surface area contributed by atoms with Gasteiger partial charge in [0.2, 0.25) is 5.91 Å². The summed E-state index contributed by atoms with van der Waals surface area (Å²) in [7, 11) is 7.92. The standard InChI is InChI=1S/C21H25N3O/c1-6-19(15-7-11-17(12-8-15)23(2)3)20(21(22)25)16-9-13-18(14-10-16)24(4)5/h6-14H,1H2,2-5H3,(H2,22,25)/b20-19+. The highest BCUT2D eigenvalue weighted by atomic mass is 16.1. The summed E-state index contributed by atoms with van der Waals surface area (Å²) in [4.78, 5) is 16.2. The van der Waals surface area contributed by atoms with Gasteiger partial charge in [-0.15, -0.1) is 0 Å². The maximum absolute atomic E-state index is 12.2. The lowest BCUT2D eigenvalue weighted by Gasteiger charge is -2.16. The number of allylic oxidation sites excluding steroid dienone is 2. The van der Waals surface area contributed by atoms with Gasteiger partial charge in [-0.3, -0.25) is 4.79 Å². The number of benzene rings is 2. The second-order valence-corrected chi connectivity index (χ2v) is 6.24. The fraction of sp³-hybridized carbons (Fsp3) is 0.190. The fourth-order valence-corrected chi connectivity index (χ4v) is 2.66. The van der Waals surface area contributed by atoms with Gasteiger partial charge in [-0.05, 0) is 41.0 Å². The summed E-state index contributed by atoms with van der Waals surface area (Å²) >= 11 is 0. The first-order valence-corrected chi connectivity index (χ1v) is 8.07. The Morgan fingerprint density at radius 3 is 1.56 bits per heavy atom. The lowest BCUT2D eigenvalue weighted by atomic mass is 9.93. The number of rotatable bonds is 6. The number of nitrogens with zero attached hydrogens (tertiary/aromatic N) is 2. The molecule has 0 aromatic heterocycles. The zero-order chi connectivity index (χ0) is 18.6. The molecule has 0 unspecified atom stereocenters. The van der Waals surface area contributed by atoms with Crippen LogP contribution in [0.15, 0.2) is 61.2 Å². The Labute approximate surface area is 149 Å². The average molecular weight is 335 g/mol. The molecule has 4 heteroatoms. The molecule has 0 aliphatic heterocycles. The van der Waals surface area contributed by atoms with Crippen molar-refractivity contribution in [3.8, 4) is 0 Å².